The molecule has 290 valence electrons. The molecule has 0 saturated carbocycles. The van der Waals surface area contributed by atoms with Gasteiger partial charge in [0.1, 0.15) is 13.2 Å². The van der Waals surface area contributed by atoms with Gasteiger partial charge < -0.3 is 4.90 Å². The van der Waals surface area contributed by atoms with Gasteiger partial charge in [0.05, 0.1) is 15.3 Å². The average Bonchev–Trinajstić information content (AvgIpc) is 3.55. The van der Waals surface area contributed by atoms with Crippen molar-refractivity contribution in [1.29, 1.82) is 0 Å². The molecule has 0 amide bonds. The molecule has 0 N–H and O–H groups in total. The number of benzene rings is 6. The van der Waals surface area contributed by atoms with Crippen LogP contribution in [0.4, 0.5) is 22.7 Å². The Labute approximate surface area is 340 Å². The number of anilines is 1. The van der Waals surface area contributed by atoms with Crippen molar-refractivity contribution in [2.75, 3.05) is 19.0 Å². The van der Waals surface area contributed by atoms with Gasteiger partial charge in [0.25, 0.3) is 11.4 Å². The van der Waals surface area contributed by atoms with Crippen LogP contribution < -0.4 is 26.8 Å². The van der Waals surface area contributed by atoms with E-state index in [1.54, 1.807) is 24.3 Å². The first-order valence-corrected chi connectivity index (χ1v) is 19.5. The van der Waals surface area contributed by atoms with Gasteiger partial charge >= 0.3 is 0 Å². The zero-order valence-electron chi connectivity index (χ0n) is 33.7. The summed E-state index contributed by atoms with van der Waals surface area (Å²) >= 11 is 0. The van der Waals surface area contributed by atoms with E-state index < -0.39 is 17.0 Å². The maximum Gasteiger partial charge on any atom is 0.270 e. The highest BCUT2D eigenvalue weighted by molar-refractivity contribution is 7.19. The van der Waals surface area contributed by atoms with Gasteiger partial charge in [0, 0.05) is 65.8 Å². The summed E-state index contributed by atoms with van der Waals surface area (Å²) in [6.07, 6.45) is 4.84. The highest BCUT2D eigenvalue weighted by Crippen LogP contribution is 2.48. The molecule has 8 nitrogen and oxygen atoms in total. The van der Waals surface area contributed by atoms with Crippen molar-refractivity contribution in [3.05, 3.63) is 213 Å². The summed E-state index contributed by atoms with van der Waals surface area (Å²) in [6, 6.07) is 53.5. The molecule has 0 spiro atoms. The standard InChI is InChI=1S/C25H27N4O4.C24H20B/c1-24(2)18-14-16(28(30)31)10-12-20(18)26(5)22(24)8-7-9-23-25(3,4)19-15-17(29(32)33)11-13-21(19)27(23)6;1-5-13-21(14-6-1)25(22-15-7-2-8-16-22,23-17-9-3-10-18-23)24-19-11-4-12-20-24/h7-15H,1-6H3;1-20H/q+1;-1. The van der Waals surface area contributed by atoms with Gasteiger partial charge in [-0.15, -0.1) is 0 Å². The number of hydrogen-bond acceptors (Lipinski definition) is 5. The molecule has 58 heavy (non-hydrogen) atoms. The second kappa shape index (κ2) is 15.6. The Balaban J connectivity index is 0.000000183. The van der Waals surface area contributed by atoms with Crippen LogP contribution in [0.5, 0.6) is 0 Å². The first-order valence-electron chi connectivity index (χ1n) is 19.5. The number of nitro benzene ring substituents is 2. The molecule has 9 heteroatoms. The molecule has 2 aliphatic rings. The van der Waals surface area contributed by atoms with Gasteiger partial charge in [0.15, 0.2) is 5.71 Å². The molecule has 0 aromatic heterocycles. The maximum absolute atomic E-state index is 11.3. The summed E-state index contributed by atoms with van der Waals surface area (Å²) in [7, 11) is 3.93. The van der Waals surface area contributed by atoms with E-state index in [4.69, 9.17) is 0 Å². The molecule has 0 bridgehead atoms. The summed E-state index contributed by atoms with van der Waals surface area (Å²) in [5, 5.41) is 22.5. The average molecular weight is 767 g/mol. The zero-order valence-corrected chi connectivity index (χ0v) is 33.7. The van der Waals surface area contributed by atoms with Crippen molar-refractivity contribution in [3.8, 4) is 0 Å². The molecule has 6 aromatic carbocycles. The second-order valence-electron chi connectivity index (χ2n) is 16.1. The molecule has 8 rings (SSSR count). The third-order valence-corrected chi connectivity index (χ3v) is 12.2. The Morgan fingerprint density at radius 3 is 1.43 bits per heavy atom. The topological polar surface area (TPSA) is 92.5 Å². The molecule has 0 saturated heterocycles. The van der Waals surface area contributed by atoms with E-state index in [-0.39, 0.29) is 21.2 Å². The van der Waals surface area contributed by atoms with E-state index >= 15 is 0 Å². The van der Waals surface area contributed by atoms with Crippen LogP contribution in [0.1, 0.15) is 38.8 Å². The van der Waals surface area contributed by atoms with Crippen molar-refractivity contribution < 1.29 is 14.4 Å². The zero-order chi connectivity index (χ0) is 41.2. The molecule has 2 aliphatic heterocycles. The highest BCUT2D eigenvalue weighted by Gasteiger charge is 2.44. The van der Waals surface area contributed by atoms with Crippen molar-refractivity contribution in [2.45, 2.75) is 38.5 Å². The minimum atomic E-state index is -1.22. The summed E-state index contributed by atoms with van der Waals surface area (Å²) in [5.74, 6) is 0. The summed E-state index contributed by atoms with van der Waals surface area (Å²) in [5.41, 5.74) is 10.5. The molecule has 0 radical (unpaired) electrons. The van der Waals surface area contributed by atoms with Crippen LogP contribution in [0.15, 0.2) is 182 Å². The van der Waals surface area contributed by atoms with Crippen molar-refractivity contribution in [3.63, 3.8) is 0 Å². The van der Waals surface area contributed by atoms with Crippen LogP contribution in [0, 0.1) is 20.2 Å². The van der Waals surface area contributed by atoms with Gasteiger partial charge in [0.2, 0.25) is 5.69 Å². The van der Waals surface area contributed by atoms with Crippen molar-refractivity contribution in [2.24, 2.45) is 0 Å². The van der Waals surface area contributed by atoms with Crippen LogP contribution in [0.25, 0.3) is 0 Å². The van der Waals surface area contributed by atoms with E-state index in [2.05, 4.69) is 158 Å². The number of fused-ring (bicyclic) bond motifs is 2. The van der Waals surface area contributed by atoms with Crippen LogP contribution >= 0.6 is 0 Å². The molecular weight excluding hydrogens is 719 g/mol. The molecule has 2 heterocycles. The SMILES string of the molecule is CN1/C(=C/C=C/C2=[N+](C)c3ccc([N+](=O)[O-])cc3C2(C)C)C(C)(C)c2cc([N+](=O)[O-])ccc21.c1ccc([B-](c2ccccc2)(c2ccccc2)c2ccccc2)cc1. The normalized spacial score (nSPS) is 15.8. The van der Waals surface area contributed by atoms with Crippen LogP contribution in [0.3, 0.4) is 0 Å². The third kappa shape index (κ3) is 6.83. The quantitative estimate of drug-likeness (QED) is 0.0672. The Bertz CT molecular complexity index is 2420. The lowest BCUT2D eigenvalue weighted by Gasteiger charge is -2.44. The smallest absolute Gasteiger partial charge is 0.270 e. The predicted molar refractivity (Wildman–Crippen MR) is 239 cm³/mol. The van der Waals surface area contributed by atoms with E-state index in [1.165, 1.54) is 34.0 Å². The van der Waals surface area contributed by atoms with Gasteiger partial charge in [-0.25, -0.2) is 0 Å². The van der Waals surface area contributed by atoms with E-state index in [9.17, 15) is 20.2 Å². The fourth-order valence-corrected chi connectivity index (χ4v) is 9.23. The van der Waals surface area contributed by atoms with Gasteiger partial charge in [-0.3, -0.25) is 20.2 Å². The Hall–Kier alpha value is -6.87. The van der Waals surface area contributed by atoms with Crippen LogP contribution in [0.2, 0.25) is 0 Å². The number of rotatable bonds is 8. The summed E-state index contributed by atoms with van der Waals surface area (Å²) in [6.45, 7) is 8.25. The van der Waals surface area contributed by atoms with E-state index in [0.29, 0.717) is 0 Å². The Morgan fingerprint density at radius 1 is 0.586 bits per heavy atom. The van der Waals surface area contributed by atoms with Gasteiger partial charge in [-0.2, -0.15) is 26.4 Å². The second-order valence-corrected chi connectivity index (χ2v) is 16.1. The van der Waals surface area contributed by atoms with Crippen LogP contribution in [-0.4, -0.2) is 40.4 Å². The Kier molecular flexibility index (Phi) is 10.6. The molecule has 0 atom stereocenters. The lowest BCUT2D eigenvalue weighted by atomic mass is 9.13. The molecule has 0 fully saturated rings. The monoisotopic (exact) mass is 766 g/mol. The molecule has 0 aliphatic carbocycles. The minimum Gasteiger partial charge on any atom is -0.347 e. The number of allylic oxidation sites excluding steroid dienone is 4. The first kappa shape index (κ1) is 39.4. The molecule has 6 aromatic rings. The number of non-ortho nitro benzene ring substituents is 2. The number of hydrogen-bond donors (Lipinski definition) is 0. The number of nitro groups is 2. The van der Waals surface area contributed by atoms with Crippen molar-refractivity contribution >= 4 is 56.5 Å². The molecule has 0 unspecified atom stereocenters. The van der Waals surface area contributed by atoms with Crippen molar-refractivity contribution in [1.82, 2.24) is 0 Å². The predicted octanol–water partition coefficient (Wildman–Crippen LogP) is 8.44. The lowest BCUT2D eigenvalue weighted by Crippen LogP contribution is -2.74. The fourth-order valence-electron chi connectivity index (χ4n) is 9.23. The minimum absolute atomic E-state index is 0.0868. The first-order chi connectivity index (χ1) is 27.8. The number of likely N-dealkylation sites (N-methyl/N-ethyl adjacent to an activating group) is 1. The van der Waals surface area contributed by atoms with E-state index in [0.717, 1.165) is 33.9 Å². The maximum atomic E-state index is 11.3. The fraction of sp³-hybridized carbons (Fsp3) is 0.163. The lowest BCUT2D eigenvalue weighted by molar-refractivity contribution is -0.402. The summed E-state index contributed by atoms with van der Waals surface area (Å²) < 4.78 is 2.07. The van der Waals surface area contributed by atoms with Crippen LogP contribution in [-0.2, 0) is 10.8 Å². The third-order valence-electron chi connectivity index (χ3n) is 12.2. The van der Waals surface area contributed by atoms with Gasteiger partial charge in [-0.1, -0.05) is 141 Å². The van der Waals surface area contributed by atoms with E-state index in [1.807, 2.05) is 32.3 Å². The number of nitrogens with zero attached hydrogens (tertiary/aromatic N) is 4. The Morgan fingerprint density at radius 2 is 1.00 bits per heavy atom. The summed E-state index contributed by atoms with van der Waals surface area (Å²) in [4.78, 5) is 23.8. The van der Waals surface area contributed by atoms with Gasteiger partial charge in [-0.05, 0) is 31.6 Å². The molecular formula is C49H47BN4O4. The largest absolute Gasteiger partial charge is 0.347 e. The highest BCUT2D eigenvalue weighted by atomic mass is 16.6.